The summed E-state index contributed by atoms with van der Waals surface area (Å²) in [6, 6.07) is 7.19. The minimum atomic E-state index is -0.625. The van der Waals surface area contributed by atoms with Gasteiger partial charge in [-0.1, -0.05) is 56.5 Å². The molecule has 0 spiro atoms. The van der Waals surface area contributed by atoms with Crippen molar-refractivity contribution in [3.63, 3.8) is 0 Å². The van der Waals surface area contributed by atoms with E-state index in [4.69, 9.17) is 4.99 Å². The summed E-state index contributed by atoms with van der Waals surface area (Å²) in [6.45, 7) is 2.72. The summed E-state index contributed by atoms with van der Waals surface area (Å²) in [4.78, 5) is 48.9. The first-order chi connectivity index (χ1) is 16.6. The normalized spacial score (nSPS) is 19.7. The van der Waals surface area contributed by atoms with E-state index in [0.717, 1.165) is 49.8 Å². The Balaban J connectivity index is 1.42. The molecule has 2 aliphatic heterocycles. The number of para-hydroxylation sites is 1. The average molecular weight is 484 g/mol. The maximum atomic E-state index is 13.3. The molecule has 34 heavy (non-hydrogen) atoms. The monoisotopic (exact) mass is 483 g/mol. The lowest BCUT2D eigenvalue weighted by Gasteiger charge is -2.26. The van der Waals surface area contributed by atoms with Gasteiger partial charge in [-0.05, 0) is 37.8 Å². The molecule has 3 aliphatic rings. The number of unbranched alkanes of at least 4 members (excludes halogenated alkanes) is 1. The summed E-state index contributed by atoms with van der Waals surface area (Å²) in [7, 11) is 0. The summed E-state index contributed by atoms with van der Waals surface area (Å²) >= 11 is 1.26. The number of nitrogens with zero attached hydrogens (tertiary/aromatic N) is 3. The largest absolute Gasteiger partial charge is 0.356 e. The second-order valence-corrected chi connectivity index (χ2v) is 9.93. The van der Waals surface area contributed by atoms with Crippen molar-refractivity contribution in [2.45, 2.75) is 76.8 Å². The molecular weight excluding hydrogens is 450 g/mol. The Morgan fingerprint density at radius 1 is 1.15 bits per heavy atom. The van der Waals surface area contributed by atoms with Crippen LogP contribution < -0.4 is 10.6 Å². The lowest BCUT2D eigenvalue weighted by Crippen LogP contribution is -2.42. The van der Waals surface area contributed by atoms with Gasteiger partial charge in [0.1, 0.15) is 11.9 Å². The average Bonchev–Trinajstić information content (AvgIpc) is 3.18. The Morgan fingerprint density at radius 2 is 1.94 bits per heavy atom. The fraction of sp³-hybridized carbons (Fsp3) is 0.560. The van der Waals surface area contributed by atoms with Crippen molar-refractivity contribution < 1.29 is 14.4 Å². The third kappa shape index (κ3) is 5.87. The minimum absolute atomic E-state index is 0.0381. The second kappa shape index (κ2) is 11.6. The van der Waals surface area contributed by atoms with Crippen molar-refractivity contribution in [1.29, 1.82) is 0 Å². The number of rotatable bonds is 9. The van der Waals surface area contributed by atoms with Gasteiger partial charge in [0.25, 0.3) is 5.91 Å². The van der Waals surface area contributed by atoms with Gasteiger partial charge < -0.3 is 10.6 Å². The lowest BCUT2D eigenvalue weighted by atomic mass is 9.95. The van der Waals surface area contributed by atoms with Crippen LogP contribution in [0.15, 0.2) is 34.3 Å². The number of hydrogen-bond acceptors (Lipinski definition) is 6. The fourth-order valence-corrected chi connectivity index (χ4v) is 5.31. The standard InChI is InChI=1S/C25H33N5O3S/c1-2-3-15-26-21(31)14-13-20-24(33)30-23(28-20)18-11-7-8-12-19(18)29-25(30)34-16-22(32)27-17-9-5-4-6-10-17/h7-8,11-12,17,20H,2-6,9-10,13-16H2,1H3,(H,26,31)(H,27,32)/t20-/m0/s1. The van der Waals surface area contributed by atoms with Crippen LogP contribution in [-0.4, -0.2) is 58.0 Å². The number of hydrogen-bond donors (Lipinski definition) is 2. The van der Waals surface area contributed by atoms with Gasteiger partial charge in [-0.2, -0.15) is 0 Å². The summed E-state index contributed by atoms with van der Waals surface area (Å²) in [5.74, 6) is 0.462. The highest BCUT2D eigenvalue weighted by Gasteiger charge is 2.41. The molecule has 0 saturated heterocycles. The van der Waals surface area contributed by atoms with Gasteiger partial charge in [-0.3, -0.25) is 19.4 Å². The van der Waals surface area contributed by atoms with Crippen LogP contribution >= 0.6 is 11.8 Å². The third-order valence-corrected chi connectivity index (χ3v) is 7.29. The van der Waals surface area contributed by atoms with Crippen LogP contribution in [0, 0.1) is 0 Å². The van der Waals surface area contributed by atoms with Crippen molar-refractivity contribution in [3.8, 4) is 0 Å². The minimum Gasteiger partial charge on any atom is -0.356 e. The third-order valence-electron chi connectivity index (χ3n) is 6.35. The zero-order chi connectivity index (χ0) is 23.9. The van der Waals surface area contributed by atoms with Crippen molar-refractivity contribution in [2.75, 3.05) is 12.3 Å². The Bertz CT molecular complexity index is 987. The zero-order valence-electron chi connectivity index (χ0n) is 19.7. The van der Waals surface area contributed by atoms with Crippen LogP contribution in [0.1, 0.15) is 70.3 Å². The van der Waals surface area contributed by atoms with Crippen LogP contribution in [0.3, 0.4) is 0 Å². The molecule has 4 rings (SSSR count). The van der Waals surface area contributed by atoms with Gasteiger partial charge in [-0.25, -0.2) is 9.89 Å². The molecule has 1 saturated carbocycles. The maximum Gasteiger partial charge on any atom is 0.259 e. The molecule has 1 aliphatic carbocycles. The first-order valence-corrected chi connectivity index (χ1v) is 13.3. The molecule has 3 amide bonds. The Hall–Kier alpha value is -2.68. The number of fused-ring (bicyclic) bond motifs is 3. The van der Waals surface area contributed by atoms with E-state index in [1.54, 1.807) is 0 Å². The van der Waals surface area contributed by atoms with Crippen molar-refractivity contribution in [3.05, 3.63) is 29.8 Å². The zero-order valence-corrected chi connectivity index (χ0v) is 20.5. The molecule has 8 nitrogen and oxygen atoms in total. The van der Waals surface area contributed by atoms with Crippen molar-refractivity contribution in [1.82, 2.24) is 15.5 Å². The van der Waals surface area contributed by atoms with E-state index in [1.807, 2.05) is 24.3 Å². The first kappa shape index (κ1) is 24.4. The molecule has 1 aromatic rings. The van der Waals surface area contributed by atoms with Crippen LogP contribution in [0.2, 0.25) is 0 Å². The summed E-state index contributed by atoms with van der Waals surface area (Å²) < 4.78 is 0. The number of benzene rings is 1. The molecule has 1 atom stereocenters. The number of carbonyl (C=O) groups is 3. The molecule has 0 unspecified atom stereocenters. The second-order valence-electron chi connectivity index (χ2n) is 8.99. The van der Waals surface area contributed by atoms with Crippen molar-refractivity contribution >= 4 is 46.2 Å². The van der Waals surface area contributed by atoms with Gasteiger partial charge in [0.2, 0.25) is 11.8 Å². The van der Waals surface area contributed by atoms with E-state index >= 15 is 0 Å². The molecule has 0 radical (unpaired) electrons. The van der Waals surface area contributed by atoms with E-state index in [2.05, 4.69) is 22.5 Å². The quantitative estimate of drug-likeness (QED) is 0.525. The highest BCUT2D eigenvalue weighted by atomic mass is 32.2. The Morgan fingerprint density at radius 3 is 2.74 bits per heavy atom. The van der Waals surface area contributed by atoms with E-state index < -0.39 is 6.04 Å². The highest BCUT2D eigenvalue weighted by Crippen LogP contribution is 2.34. The maximum absolute atomic E-state index is 13.3. The van der Waals surface area contributed by atoms with Gasteiger partial charge in [0.05, 0.1) is 11.4 Å². The van der Waals surface area contributed by atoms with Crippen LogP contribution in [0.5, 0.6) is 0 Å². The number of aliphatic imine (C=N–C) groups is 2. The van der Waals surface area contributed by atoms with Crippen LogP contribution in [0.4, 0.5) is 5.69 Å². The first-order valence-electron chi connectivity index (χ1n) is 12.4. The fourth-order valence-electron chi connectivity index (χ4n) is 4.49. The number of carbonyl (C=O) groups excluding carboxylic acids is 3. The molecule has 182 valence electrons. The molecule has 1 aromatic carbocycles. The van der Waals surface area contributed by atoms with Gasteiger partial charge >= 0.3 is 0 Å². The van der Waals surface area contributed by atoms with Crippen LogP contribution in [0.25, 0.3) is 0 Å². The number of nitrogens with one attached hydrogen (secondary N) is 2. The molecule has 2 heterocycles. The van der Waals surface area contributed by atoms with Gasteiger partial charge in [0, 0.05) is 24.6 Å². The summed E-state index contributed by atoms with van der Waals surface area (Å²) in [5, 5.41) is 6.48. The Labute approximate surface area is 205 Å². The summed E-state index contributed by atoms with van der Waals surface area (Å²) in [6.07, 6.45) is 8.14. The SMILES string of the molecule is CCCCNC(=O)CC[C@@H]1N=C2c3ccccc3N=C(SCC(=O)NC3CCCCC3)N2C1=O. The van der Waals surface area contributed by atoms with E-state index in [-0.39, 0.29) is 35.9 Å². The topological polar surface area (TPSA) is 103 Å². The van der Waals surface area contributed by atoms with E-state index in [9.17, 15) is 14.4 Å². The molecule has 0 aromatic heterocycles. The van der Waals surface area contributed by atoms with E-state index in [1.165, 1.54) is 23.1 Å². The van der Waals surface area contributed by atoms with Gasteiger partial charge in [-0.15, -0.1) is 0 Å². The number of amidine groups is 2. The molecular formula is C25H33N5O3S. The predicted molar refractivity (Wildman–Crippen MR) is 135 cm³/mol. The van der Waals surface area contributed by atoms with Crippen LogP contribution in [-0.2, 0) is 14.4 Å². The smallest absolute Gasteiger partial charge is 0.259 e. The predicted octanol–water partition coefficient (Wildman–Crippen LogP) is 3.52. The lowest BCUT2D eigenvalue weighted by molar-refractivity contribution is -0.125. The van der Waals surface area contributed by atoms with Gasteiger partial charge in [0.15, 0.2) is 5.17 Å². The number of thioether (sulfide) groups is 1. The molecule has 2 N–H and O–H groups in total. The number of amides is 3. The highest BCUT2D eigenvalue weighted by molar-refractivity contribution is 8.14. The summed E-state index contributed by atoms with van der Waals surface area (Å²) in [5.41, 5.74) is 1.53. The molecule has 1 fully saturated rings. The molecule has 9 heteroatoms. The Kier molecular flexibility index (Phi) is 8.37. The van der Waals surface area contributed by atoms with E-state index in [0.29, 0.717) is 24.0 Å². The molecule has 0 bridgehead atoms. The van der Waals surface area contributed by atoms with Crippen molar-refractivity contribution in [2.24, 2.45) is 9.98 Å².